The predicted octanol–water partition coefficient (Wildman–Crippen LogP) is -3.08. The molecule has 0 heterocycles. The molecule has 0 aliphatic rings. The summed E-state index contributed by atoms with van der Waals surface area (Å²) in [6, 6.07) is 0. The highest BCUT2D eigenvalue weighted by Crippen LogP contribution is 2.03. The van der Waals surface area contributed by atoms with Crippen LogP contribution in [-0.4, -0.2) is 62.6 Å². The number of Topliss-reactive ketones (excluding diaryl/α,β-unsaturated/α-hetero) is 1. The third-order valence-corrected chi connectivity index (χ3v) is 1.40. The molecular formula is C6H11FO6. The van der Waals surface area contributed by atoms with Crippen molar-refractivity contribution in [3.8, 4) is 0 Å². The van der Waals surface area contributed by atoms with Gasteiger partial charge in [0.1, 0.15) is 12.2 Å². The molecule has 13 heavy (non-hydrogen) atoms. The summed E-state index contributed by atoms with van der Waals surface area (Å²) in [5, 5.41) is 42.5. The van der Waals surface area contributed by atoms with Crippen LogP contribution in [0.5, 0.6) is 0 Å². The van der Waals surface area contributed by atoms with Gasteiger partial charge in [0.2, 0.25) is 6.36 Å². The van der Waals surface area contributed by atoms with Gasteiger partial charge in [-0.3, -0.25) is 4.79 Å². The van der Waals surface area contributed by atoms with Gasteiger partial charge in [0.05, 0.1) is 6.61 Å². The molecule has 0 aliphatic heterocycles. The van der Waals surface area contributed by atoms with Crippen LogP contribution in [0.1, 0.15) is 0 Å². The number of halogens is 1. The smallest absolute Gasteiger partial charge is 0.229 e. The van der Waals surface area contributed by atoms with Crippen molar-refractivity contribution in [3.05, 3.63) is 0 Å². The van der Waals surface area contributed by atoms with E-state index >= 15 is 0 Å². The van der Waals surface area contributed by atoms with Crippen LogP contribution in [0.25, 0.3) is 0 Å². The fourth-order valence-electron chi connectivity index (χ4n) is 0.600. The molecular weight excluding hydrogens is 187 g/mol. The van der Waals surface area contributed by atoms with Gasteiger partial charge in [0.15, 0.2) is 11.9 Å². The molecule has 0 spiro atoms. The maximum Gasteiger partial charge on any atom is 0.229 e. The van der Waals surface area contributed by atoms with E-state index < -0.39 is 37.1 Å². The van der Waals surface area contributed by atoms with Gasteiger partial charge in [0, 0.05) is 0 Å². The molecule has 0 aromatic carbocycles. The number of carbonyl (C=O) groups excluding carboxylic acids is 1. The maximum absolute atomic E-state index is 11.9. The molecule has 0 aromatic heterocycles. The lowest BCUT2D eigenvalue weighted by atomic mass is 10.1. The molecule has 0 radical (unpaired) electrons. The van der Waals surface area contributed by atoms with Gasteiger partial charge in [-0.05, 0) is 0 Å². The van der Waals surface area contributed by atoms with Crippen LogP contribution < -0.4 is 0 Å². The summed E-state index contributed by atoms with van der Waals surface area (Å²) >= 11 is 0. The van der Waals surface area contributed by atoms with Gasteiger partial charge in [-0.2, -0.15) is 0 Å². The fourth-order valence-corrected chi connectivity index (χ4v) is 0.600. The van der Waals surface area contributed by atoms with Crippen molar-refractivity contribution in [1.29, 1.82) is 0 Å². The topological polar surface area (TPSA) is 118 Å². The number of rotatable bonds is 5. The molecule has 5 N–H and O–H groups in total. The molecule has 0 rings (SSSR count). The zero-order valence-electron chi connectivity index (χ0n) is 6.54. The van der Waals surface area contributed by atoms with Crippen LogP contribution in [0.2, 0.25) is 0 Å². The molecule has 0 bridgehead atoms. The normalized spacial score (nSPS) is 20.5. The lowest BCUT2D eigenvalue weighted by Crippen LogP contribution is -2.45. The summed E-state index contributed by atoms with van der Waals surface area (Å²) in [6.07, 6.45) is -9.17. The van der Waals surface area contributed by atoms with Crippen LogP contribution in [0.15, 0.2) is 0 Å². The highest BCUT2D eigenvalue weighted by atomic mass is 19.1. The maximum atomic E-state index is 11.9. The number of aliphatic hydroxyl groups is 5. The second-order valence-electron chi connectivity index (χ2n) is 2.41. The number of ketones is 1. The molecule has 0 saturated heterocycles. The van der Waals surface area contributed by atoms with Crippen molar-refractivity contribution in [2.24, 2.45) is 0 Å². The molecule has 0 aliphatic carbocycles. The Hall–Kier alpha value is -0.600. The Morgan fingerprint density at radius 2 is 1.62 bits per heavy atom. The van der Waals surface area contributed by atoms with Crippen molar-refractivity contribution in [2.75, 3.05) is 6.61 Å². The van der Waals surface area contributed by atoms with E-state index in [1.165, 1.54) is 0 Å². The number of alkyl halides is 1. The highest BCUT2D eigenvalue weighted by molar-refractivity contribution is 5.87. The highest BCUT2D eigenvalue weighted by Gasteiger charge is 2.33. The van der Waals surface area contributed by atoms with Crippen molar-refractivity contribution in [1.82, 2.24) is 0 Å². The molecule has 6 nitrogen and oxygen atoms in total. The molecule has 78 valence electrons. The van der Waals surface area contributed by atoms with E-state index in [4.69, 9.17) is 25.5 Å². The lowest BCUT2D eigenvalue weighted by Gasteiger charge is -2.17. The number of carbonyl (C=O) groups is 1. The Kier molecular flexibility index (Phi) is 4.96. The summed E-state index contributed by atoms with van der Waals surface area (Å²) in [5.74, 6) is -1.49. The second-order valence-corrected chi connectivity index (χ2v) is 2.41. The van der Waals surface area contributed by atoms with Gasteiger partial charge in [-0.1, -0.05) is 0 Å². The van der Waals surface area contributed by atoms with E-state index in [2.05, 4.69) is 0 Å². The Morgan fingerprint density at radius 3 is 1.92 bits per heavy atom. The van der Waals surface area contributed by atoms with Crippen LogP contribution in [0, 0.1) is 0 Å². The molecule has 7 heteroatoms. The molecule has 0 saturated carbocycles. The first-order chi connectivity index (χ1) is 5.91. The SMILES string of the molecule is O=C([C@@H](O)C(O)F)[C@@H](O)[C@H](O)CO. The van der Waals surface area contributed by atoms with E-state index in [9.17, 15) is 9.18 Å². The Morgan fingerprint density at radius 1 is 1.15 bits per heavy atom. The quantitative estimate of drug-likeness (QED) is 0.319. The molecule has 0 aromatic rings. The first kappa shape index (κ1) is 12.4. The average Bonchev–Trinajstić information content (AvgIpc) is 2.12. The minimum Gasteiger partial charge on any atom is -0.394 e. The standard InChI is InChI=1S/C6H11FO6/c7-6(13)5(12)4(11)3(10)2(9)1-8/h2-3,5-6,8-10,12-13H,1H2/t2-,3+,5-,6?/m1/s1. The van der Waals surface area contributed by atoms with E-state index in [0.29, 0.717) is 0 Å². The predicted molar refractivity (Wildman–Crippen MR) is 37.2 cm³/mol. The summed E-state index contributed by atoms with van der Waals surface area (Å²) in [7, 11) is 0. The van der Waals surface area contributed by atoms with Crippen LogP contribution in [-0.2, 0) is 4.79 Å². The van der Waals surface area contributed by atoms with E-state index in [1.54, 1.807) is 0 Å². The first-order valence-electron chi connectivity index (χ1n) is 3.42. The minimum absolute atomic E-state index is 0.915. The lowest BCUT2D eigenvalue weighted by molar-refractivity contribution is -0.156. The zero-order chi connectivity index (χ0) is 10.6. The molecule has 0 amide bonds. The summed E-state index contributed by atoms with van der Waals surface area (Å²) in [4.78, 5) is 10.7. The molecule has 1 unspecified atom stereocenters. The number of hydrogen-bond donors (Lipinski definition) is 5. The third kappa shape index (κ3) is 3.33. The van der Waals surface area contributed by atoms with Crippen molar-refractivity contribution >= 4 is 5.78 Å². The Bertz CT molecular complexity index is 173. The second kappa shape index (κ2) is 5.20. The minimum atomic E-state index is -2.83. The number of aliphatic hydroxyl groups excluding tert-OH is 5. The third-order valence-electron chi connectivity index (χ3n) is 1.40. The zero-order valence-corrected chi connectivity index (χ0v) is 6.54. The van der Waals surface area contributed by atoms with Gasteiger partial charge in [0.25, 0.3) is 0 Å². The number of hydrogen-bond acceptors (Lipinski definition) is 6. The van der Waals surface area contributed by atoms with Crippen LogP contribution >= 0.6 is 0 Å². The molecule has 0 fully saturated rings. The van der Waals surface area contributed by atoms with E-state index in [0.717, 1.165) is 0 Å². The Labute approximate surface area is 72.9 Å². The molecule has 4 atom stereocenters. The Balaban J connectivity index is 4.25. The summed E-state index contributed by atoms with van der Waals surface area (Å²) < 4.78 is 11.9. The van der Waals surface area contributed by atoms with Crippen LogP contribution in [0.3, 0.4) is 0 Å². The first-order valence-corrected chi connectivity index (χ1v) is 3.42. The average molecular weight is 198 g/mol. The monoisotopic (exact) mass is 198 g/mol. The van der Waals surface area contributed by atoms with Gasteiger partial charge in [-0.15, -0.1) is 0 Å². The largest absolute Gasteiger partial charge is 0.394 e. The van der Waals surface area contributed by atoms with Gasteiger partial charge < -0.3 is 25.5 Å². The van der Waals surface area contributed by atoms with Gasteiger partial charge in [-0.25, -0.2) is 4.39 Å². The van der Waals surface area contributed by atoms with Crippen LogP contribution in [0.4, 0.5) is 4.39 Å². The van der Waals surface area contributed by atoms with Gasteiger partial charge >= 0.3 is 0 Å². The summed E-state index contributed by atoms with van der Waals surface area (Å²) in [6.45, 7) is -0.915. The van der Waals surface area contributed by atoms with Crippen molar-refractivity contribution in [3.63, 3.8) is 0 Å². The van der Waals surface area contributed by atoms with Crippen molar-refractivity contribution in [2.45, 2.75) is 24.7 Å². The summed E-state index contributed by atoms with van der Waals surface area (Å²) in [5.41, 5.74) is 0. The van der Waals surface area contributed by atoms with Crippen molar-refractivity contribution < 1.29 is 34.7 Å². The fraction of sp³-hybridized carbons (Fsp3) is 0.833. The van der Waals surface area contributed by atoms with E-state index in [1.807, 2.05) is 0 Å². The van der Waals surface area contributed by atoms with E-state index in [-0.39, 0.29) is 0 Å².